The topological polar surface area (TPSA) is 56.7 Å². The van der Waals surface area contributed by atoms with Crippen molar-refractivity contribution in [3.8, 4) is 0 Å². The lowest BCUT2D eigenvalue weighted by Crippen LogP contribution is -2.21. The van der Waals surface area contributed by atoms with Crippen LogP contribution in [-0.2, 0) is 6.54 Å². The SMILES string of the molecule is CCCn1cnnc1[C@@H](N)C(C)C. The molecule has 0 aromatic carbocycles. The number of hydrogen-bond acceptors (Lipinski definition) is 3. The van der Waals surface area contributed by atoms with E-state index in [-0.39, 0.29) is 6.04 Å². The first-order valence-electron chi connectivity index (χ1n) is 4.80. The second-order valence-corrected chi connectivity index (χ2v) is 3.65. The van der Waals surface area contributed by atoms with E-state index in [1.807, 2.05) is 4.57 Å². The molecule has 0 radical (unpaired) electrons. The van der Waals surface area contributed by atoms with Crippen molar-refractivity contribution < 1.29 is 0 Å². The molecule has 1 atom stereocenters. The van der Waals surface area contributed by atoms with Crippen molar-refractivity contribution in [2.75, 3.05) is 0 Å². The number of aryl methyl sites for hydroxylation is 1. The lowest BCUT2D eigenvalue weighted by Gasteiger charge is -2.15. The van der Waals surface area contributed by atoms with E-state index >= 15 is 0 Å². The van der Waals surface area contributed by atoms with E-state index in [9.17, 15) is 0 Å². The normalized spacial score (nSPS) is 13.6. The average molecular weight is 182 g/mol. The molecule has 1 aromatic rings. The summed E-state index contributed by atoms with van der Waals surface area (Å²) in [5.41, 5.74) is 5.99. The number of aromatic nitrogens is 3. The highest BCUT2D eigenvalue weighted by Crippen LogP contribution is 2.16. The summed E-state index contributed by atoms with van der Waals surface area (Å²) in [4.78, 5) is 0. The van der Waals surface area contributed by atoms with Gasteiger partial charge < -0.3 is 10.3 Å². The molecule has 0 amide bonds. The third-order valence-corrected chi connectivity index (χ3v) is 2.13. The van der Waals surface area contributed by atoms with Gasteiger partial charge in [-0.05, 0) is 12.3 Å². The fourth-order valence-corrected chi connectivity index (χ4v) is 1.23. The smallest absolute Gasteiger partial charge is 0.150 e. The lowest BCUT2D eigenvalue weighted by molar-refractivity contribution is 0.463. The molecule has 4 heteroatoms. The maximum absolute atomic E-state index is 5.99. The molecule has 0 aliphatic rings. The molecule has 0 fully saturated rings. The molecule has 0 saturated carbocycles. The summed E-state index contributed by atoms with van der Waals surface area (Å²) < 4.78 is 2.03. The minimum absolute atomic E-state index is 0.00551. The molecule has 13 heavy (non-hydrogen) atoms. The van der Waals surface area contributed by atoms with E-state index in [4.69, 9.17) is 5.73 Å². The molecule has 1 rings (SSSR count). The van der Waals surface area contributed by atoms with Crippen molar-refractivity contribution in [3.63, 3.8) is 0 Å². The Bertz CT molecular complexity index is 254. The molecule has 74 valence electrons. The van der Waals surface area contributed by atoms with Crippen LogP contribution in [0.5, 0.6) is 0 Å². The molecule has 1 aromatic heterocycles. The quantitative estimate of drug-likeness (QED) is 0.764. The molecule has 0 unspecified atom stereocenters. The highest BCUT2D eigenvalue weighted by molar-refractivity contribution is 4.94. The van der Waals surface area contributed by atoms with E-state index in [2.05, 4.69) is 31.0 Å². The summed E-state index contributed by atoms with van der Waals surface area (Å²) >= 11 is 0. The third-order valence-electron chi connectivity index (χ3n) is 2.13. The van der Waals surface area contributed by atoms with Crippen LogP contribution in [0.15, 0.2) is 6.33 Å². The van der Waals surface area contributed by atoms with Gasteiger partial charge in [0, 0.05) is 6.54 Å². The Balaban J connectivity index is 2.80. The van der Waals surface area contributed by atoms with E-state index in [0.29, 0.717) is 5.92 Å². The summed E-state index contributed by atoms with van der Waals surface area (Å²) in [5, 5.41) is 7.92. The minimum atomic E-state index is -0.00551. The summed E-state index contributed by atoms with van der Waals surface area (Å²) in [7, 11) is 0. The predicted octanol–water partition coefficient (Wildman–Crippen LogP) is 1.34. The van der Waals surface area contributed by atoms with Crippen molar-refractivity contribution in [2.45, 2.75) is 39.8 Å². The monoisotopic (exact) mass is 182 g/mol. The van der Waals surface area contributed by atoms with Crippen LogP contribution in [0.2, 0.25) is 0 Å². The highest BCUT2D eigenvalue weighted by Gasteiger charge is 2.16. The van der Waals surface area contributed by atoms with Gasteiger partial charge in [0.25, 0.3) is 0 Å². The maximum atomic E-state index is 5.99. The van der Waals surface area contributed by atoms with Gasteiger partial charge in [-0.3, -0.25) is 0 Å². The second-order valence-electron chi connectivity index (χ2n) is 3.65. The first-order valence-corrected chi connectivity index (χ1v) is 4.80. The van der Waals surface area contributed by atoms with Crippen LogP contribution in [0.1, 0.15) is 39.1 Å². The molecule has 0 aliphatic carbocycles. The van der Waals surface area contributed by atoms with Crippen molar-refractivity contribution in [2.24, 2.45) is 11.7 Å². The first kappa shape index (κ1) is 10.2. The summed E-state index contributed by atoms with van der Waals surface area (Å²) in [6.45, 7) is 7.26. The summed E-state index contributed by atoms with van der Waals surface area (Å²) in [6, 6.07) is -0.00551. The molecule has 0 saturated heterocycles. The largest absolute Gasteiger partial charge is 0.321 e. The first-order chi connectivity index (χ1) is 6.16. The van der Waals surface area contributed by atoms with Crippen LogP contribution < -0.4 is 5.73 Å². The van der Waals surface area contributed by atoms with Crippen LogP contribution in [0.3, 0.4) is 0 Å². The molecule has 0 spiro atoms. The Hall–Kier alpha value is -0.900. The van der Waals surface area contributed by atoms with Crippen LogP contribution in [-0.4, -0.2) is 14.8 Å². The van der Waals surface area contributed by atoms with Crippen LogP contribution in [0, 0.1) is 5.92 Å². The van der Waals surface area contributed by atoms with Crippen molar-refractivity contribution in [1.82, 2.24) is 14.8 Å². The maximum Gasteiger partial charge on any atom is 0.150 e. The Labute approximate surface area is 79.2 Å². The fourth-order valence-electron chi connectivity index (χ4n) is 1.23. The van der Waals surface area contributed by atoms with Gasteiger partial charge in [0.1, 0.15) is 12.2 Å². The molecule has 0 bridgehead atoms. The van der Waals surface area contributed by atoms with Crippen molar-refractivity contribution in [3.05, 3.63) is 12.2 Å². The Morgan fingerprint density at radius 2 is 2.23 bits per heavy atom. The van der Waals surface area contributed by atoms with E-state index in [1.54, 1.807) is 6.33 Å². The summed E-state index contributed by atoms with van der Waals surface area (Å²) in [6.07, 6.45) is 2.83. The molecule has 2 N–H and O–H groups in total. The molecular formula is C9H18N4. The van der Waals surface area contributed by atoms with Crippen molar-refractivity contribution in [1.29, 1.82) is 0 Å². The van der Waals surface area contributed by atoms with Gasteiger partial charge in [0.2, 0.25) is 0 Å². The van der Waals surface area contributed by atoms with E-state index in [0.717, 1.165) is 18.8 Å². The minimum Gasteiger partial charge on any atom is -0.321 e. The van der Waals surface area contributed by atoms with Gasteiger partial charge in [-0.15, -0.1) is 10.2 Å². The Kier molecular flexibility index (Phi) is 3.42. The van der Waals surface area contributed by atoms with Gasteiger partial charge >= 0.3 is 0 Å². The molecular weight excluding hydrogens is 164 g/mol. The molecule has 0 aliphatic heterocycles. The third kappa shape index (κ3) is 2.28. The van der Waals surface area contributed by atoms with Gasteiger partial charge in [0.15, 0.2) is 0 Å². The van der Waals surface area contributed by atoms with E-state index < -0.39 is 0 Å². The van der Waals surface area contributed by atoms with Crippen molar-refractivity contribution >= 4 is 0 Å². The van der Waals surface area contributed by atoms with Gasteiger partial charge in [-0.1, -0.05) is 20.8 Å². The Morgan fingerprint density at radius 3 is 2.77 bits per heavy atom. The van der Waals surface area contributed by atoms with Crippen LogP contribution in [0.25, 0.3) is 0 Å². The number of nitrogens with zero attached hydrogens (tertiary/aromatic N) is 3. The Morgan fingerprint density at radius 1 is 1.54 bits per heavy atom. The average Bonchev–Trinajstić information content (AvgIpc) is 2.52. The fraction of sp³-hybridized carbons (Fsp3) is 0.778. The zero-order valence-electron chi connectivity index (χ0n) is 8.57. The zero-order valence-corrected chi connectivity index (χ0v) is 8.57. The number of hydrogen-bond donors (Lipinski definition) is 1. The number of nitrogens with two attached hydrogens (primary N) is 1. The zero-order chi connectivity index (χ0) is 9.84. The van der Waals surface area contributed by atoms with Gasteiger partial charge in [-0.25, -0.2) is 0 Å². The predicted molar refractivity (Wildman–Crippen MR) is 52.1 cm³/mol. The van der Waals surface area contributed by atoms with Gasteiger partial charge in [0.05, 0.1) is 6.04 Å². The molecule has 1 heterocycles. The highest BCUT2D eigenvalue weighted by atomic mass is 15.3. The standard InChI is InChI=1S/C9H18N4/c1-4-5-13-6-11-12-9(13)8(10)7(2)3/h6-8H,4-5,10H2,1-3H3/t8-/m0/s1. The van der Waals surface area contributed by atoms with Gasteiger partial charge in [-0.2, -0.15) is 0 Å². The van der Waals surface area contributed by atoms with Crippen LogP contribution in [0.4, 0.5) is 0 Å². The lowest BCUT2D eigenvalue weighted by atomic mass is 10.1. The molecule has 4 nitrogen and oxygen atoms in total. The van der Waals surface area contributed by atoms with Crippen LogP contribution >= 0.6 is 0 Å². The summed E-state index contributed by atoms with van der Waals surface area (Å²) in [5.74, 6) is 1.30. The second kappa shape index (κ2) is 4.37. The van der Waals surface area contributed by atoms with E-state index in [1.165, 1.54) is 0 Å². The number of rotatable bonds is 4.